The zero-order chi connectivity index (χ0) is 18.2. The third-order valence-corrected chi connectivity index (χ3v) is 6.58. The van der Waals surface area contributed by atoms with Gasteiger partial charge in [-0.3, -0.25) is 14.9 Å². The Bertz CT molecular complexity index is 717. The number of benzene rings is 1. The topological polar surface area (TPSA) is 89.2 Å². The van der Waals surface area contributed by atoms with E-state index in [1.54, 1.807) is 17.0 Å². The summed E-state index contributed by atoms with van der Waals surface area (Å²) in [7, 11) is 0. The molecule has 7 nitrogen and oxygen atoms in total. The Hall–Kier alpha value is -1.65. The Kier molecular flexibility index (Phi) is 7.66. The Morgan fingerprint density at radius 1 is 1.16 bits per heavy atom. The highest BCUT2D eigenvalue weighted by molar-refractivity contribution is 8.03. The van der Waals surface area contributed by atoms with Crippen molar-refractivity contribution in [1.82, 2.24) is 15.1 Å². The van der Waals surface area contributed by atoms with Crippen LogP contribution in [0.4, 0.5) is 5.69 Å². The van der Waals surface area contributed by atoms with Crippen molar-refractivity contribution >= 4 is 46.5 Å². The quantitative estimate of drug-likeness (QED) is 0.361. The highest BCUT2D eigenvalue weighted by Gasteiger charge is 2.13. The van der Waals surface area contributed by atoms with Crippen molar-refractivity contribution < 1.29 is 9.72 Å². The minimum atomic E-state index is -0.412. The van der Waals surface area contributed by atoms with E-state index >= 15 is 0 Å². The van der Waals surface area contributed by atoms with Crippen LogP contribution in [0.3, 0.4) is 0 Å². The van der Waals surface area contributed by atoms with Crippen molar-refractivity contribution in [3.05, 3.63) is 39.9 Å². The summed E-state index contributed by atoms with van der Waals surface area (Å²) in [5, 5.41) is 18.9. The summed E-state index contributed by atoms with van der Waals surface area (Å²) in [6.45, 7) is 5.35. The van der Waals surface area contributed by atoms with Gasteiger partial charge in [-0.2, -0.15) is 0 Å². The molecule has 0 aliphatic heterocycles. The summed E-state index contributed by atoms with van der Waals surface area (Å²) < 4.78 is 1.59. The van der Waals surface area contributed by atoms with Crippen LogP contribution in [-0.4, -0.2) is 44.8 Å². The predicted molar refractivity (Wildman–Crippen MR) is 101 cm³/mol. The van der Waals surface area contributed by atoms with E-state index in [-0.39, 0.29) is 11.6 Å². The molecule has 0 spiro atoms. The summed E-state index contributed by atoms with van der Waals surface area (Å²) in [6, 6.07) is 6.47. The first-order valence-electron chi connectivity index (χ1n) is 7.63. The molecule has 0 saturated carbocycles. The van der Waals surface area contributed by atoms with E-state index in [0.717, 1.165) is 14.2 Å². The standard InChI is InChI=1S/C15H18N4O3S3/c1-3-18(4-2)13(20)10-24-15-17-16-14(25-15)23-9-11-5-7-12(8-6-11)19(21)22/h5-8H,3-4,9-10H2,1-2H3. The Morgan fingerprint density at radius 3 is 2.32 bits per heavy atom. The monoisotopic (exact) mass is 398 g/mol. The molecule has 10 heteroatoms. The summed E-state index contributed by atoms with van der Waals surface area (Å²) in [5.74, 6) is 1.13. The second-order valence-corrected chi connectivity index (χ2v) is 8.32. The normalized spacial score (nSPS) is 10.6. The fourth-order valence-electron chi connectivity index (χ4n) is 1.96. The summed E-state index contributed by atoms with van der Waals surface area (Å²) in [4.78, 5) is 24.0. The minimum absolute atomic E-state index is 0.0845. The number of nitro benzene ring substituents is 1. The fourth-order valence-corrected chi connectivity index (χ4v) is 4.84. The molecule has 0 fully saturated rings. The van der Waals surface area contributed by atoms with Gasteiger partial charge in [-0.25, -0.2) is 0 Å². The number of non-ortho nitro benzene ring substituents is 1. The summed E-state index contributed by atoms with van der Waals surface area (Å²) in [5.41, 5.74) is 1.07. The van der Waals surface area contributed by atoms with Crippen molar-refractivity contribution in [3.63, 3.8) is 0 Å². The molecule has 0 bridgehead atoms. The number of nitro groups is 1. The second-order valence-electron chi connectivity index (χ2n) is 4.90. The largest absolute Gasteiger partial charge is 0.343 e. The van der Waals surface area contributed by atoms with Crippen molar-refractivity contribution in [3.8, 4) is 0 Å². The van der Waals surface area contributed by atoms with E-state index in [9.17, 15) is 14.9 Å². The molecule has 25 heavy (non-hydrogen) atoms. The maximum absolute atomic E-state index is 12.0. The average Bonchev–Trinajstić information content (AvgIpc) is 3.07. The van der Waals surface area contributed by atoms with Gasteiger partial charge in [0.2, 0.25) is 5.91 Å². The molecule has 2 rings (SSSR count). The summed E-state index contributed by atoms with van der Waals surface area (Å²) >= 11 is 4.38. The molecule has 2 aromatic rings. The zero-order valence-corrected chi connectivity index (χ0v) is 16.3. The molecule has 0 radical (unpaired) electrons. The van der Waals surface area contributed by atoms with Gasteiger partial charge in [0.25, 0.3) is 5.69 Å². The number of aromatic nitrogens is 2. The third-order valence-electron chi connectivity index (χ3n) is 3.33. The van der Waals surface area contributed by atoms with Crippen LogP contribution in [0.15, 0.2) is 32.9 Å². The number of hydrogen-bond acceptors (Lipinski definition) is 8. The Morgan fingerprint density at radius 2 is 1.76 bits per heavy atom. The van der Waals surface area contributed by atoms with Gasteiger partial charge in [-0.1, -0.05) is 47.0 Å². The van der Waals surface area contributed by atoms with Crippen molar-refractivity contribution in [1.29, 1.82) is 0 Å². The van der Waals surface area contributed by atoms with Gasteiger partial charge in [0.05, 0.1) is 10.7 Å². The van der Waals surface area contributed by atoms with Crippen LogP contribution in [0.1, 0.15) is 19.4 Å². The van der Waals surface area contributed by atoms with Gasteiger partial charge in [-0.05, 0) is 19.4 Å². The van der Waals surface area contributed by atoms with Crippen molar-refractivity contribution in [2.45, 2.75) is 28.3 Å². The van der Waals surface area contributed by atoms with Gasteiger partial charge < -0.3 is 4.90 Å². The van der Waals surface area contributed by atoms with Crippen LogP contribution in [0.5, 0.6) is 0 Å². The van der Waals surface area contributed by atoms with Crippen LogP contribution in [-0.2, 0) is 10.5 Å². The molecular weight excluding hydrogens is 380 g/mol. The molecule has 0 aliphatic rings. The van der Waals surface area contributed by atoms with Crippen molar-refractivity contribution in [2.75, 3.05) is 18.8 Å². The third kappa shape index (κ3) is 5.98. The van der Waals surface area contributed by atoms with E-state index in [2.05, 4.69) is 10.2 Å². The van der Waals surface area contributed by atoms with E-state index < -0.39 is 4.92 Å². The summed E-state index contributed by atoms with van der Waals surface area (Å²) in [6.07, 6.45) is 0. The molecular formula is C15H18N4O3S3. The van der Waals surface area contributed by atoms with E-state index in [0.29, 0.717) is 24.6 Å². The lowest BCUT2D eigenvalue weighted by Gasteiger charge is -2.17. The van der Waals surface area contributed by atoms with Crippen LogP contribution in [0.25, 0.3) is 0 Å². The van der Waals surface area contributed by atoms with Gasteiger partial charge >= 0.3 is 0 Å². The Labute approximate surface area is 158 Å². The lowest BCUT2D eigenvalue weighted by Crippen LogP contribution is -2.31. The maximum Gasteiger partial charge on any atom is 0.269 e. The van der Waals surface area contributed by atoms with Gasteiger partial charge in [0.15, 0.2) is 8.68 Å². The molecule has 0 unspecified atom stereocenters. The fraction of sp³-hybridized carbons (Fsp3) is 0.400. The molecule has 1 amide bonds. The molecule has 0 saturated heterocycles. The van der Waals surface area contributed by atoms with E-state index in [1.807, 2.05) is 13.8 Å². The van der Waals surface area contributed by atoms with Crippen LogP contribution in [0.2, 0.25) is 0 Å². The average molecular weight is 399 g/mol. The molecule has 1 aromatic heterocycles. The van der Waals surface area contributed by atoms with Gasteiger partial charge in [0.1, 0.15) is 0 Å². The smallest absolute Gasteiger partial charge is 0.269 e. The first-order chi connectivity index (χ1) is 12.0. The second kappa shape index (κ2) is 9.73. The SMILES string of the molecule is CCN(CC)C(=O)CSc1nnc(SCc2ccc([N+](=O)[O-])cc2)s1. The first kappa shape index (κ1) is 19.7. The molecule has 134 valence electrons. The number of carbonyl (C=O) groups excluding carboxylic acids is 1. The van der Waals surface area contributed by atoms with Crippen LogP contribution < -0.4 is 0 Å². The van der Waals surface area contributed by atoms with E-state index in [4.69, 9.17) is 0 Å². The minimum Gasteiger partial charge on any atom is -0.343 e. The maximum atomic E-state index is 12.0. The van der Waals surface area contributed by atoms with Crippen LogP contribution >= 0.6 is 34.9 Å². The molecule has 0 atom stereocenters. The number of amides is 1. The highest BCUT2D eigenvalue weighted by Crippen LogP contribution is 2.31. The number of carbonyl (C=O) groups is 1. The number of nitrogens with zero attached hydrogens (tertiary/aromatic N) is 4. The zero-order valence-electron chi connectivity index (χ0n) is 13.9. The highest BCUT2D eigenvalue weighted by atomic mass is 32.2. The number of rotatable bonds is 9. The molecule has 0 aliphatic carbocycles. The van der Waals surface area contributed by atoms with E-state index in [1.165, 1.54) is 47.0 Å². The van der Waals surface area contributed by atoms with Crippen molar-refractivity contribution in [2.24, 2.45) is 0 Å². The molecule has 1 heterocycles. The van der Waals surface area contributed by atoms with Gasteiger partial charge in [-0.15, -0.1) is 10.2 Å². The van der Waals surface area contributed by atoms with Gasteiger partial charge in [0, 0.05) is 31.0 Å². The Balaban J connectivity index is 1.83. The molecule has 1 aromatic carbocycles. The predicted octanol–water partition coefficient (Wildman–Crippen LogP) is 3.70. The number of thioether (sulfide) groups is 2. The van der Waals surface area contributed by atoms with Crippen LogP contribution in [0, 0.1) is 10.1 Å². The number of hydrogen-bond donors (Lipinski definition) is 0. The molecule has 0 N–H and O–H groups in total. The lowest BCUT2D eigenvalue weighted by molar-refractivity contribution is -0.384. The lowest BCUT2D eigenvalue weighted by atomic mass is 10.2. The first-order valence-corrected chi connectivity index (χ1v) is 10.4.